The Bertz CT molecular complexity index is 2840. The van der Waals surface area contributed by atoms with E-state index >= 15 is 0 Å². The first-order valence-electron chi connectivity index (χ1n) is 19.0. The molecule has 0 spiro atoms. The highest BCUT2D eigenvalue weighted by molar-refractivity contribution is 8.00. The number of aromatic nitrogens is 4. The second-order valence-electron chi connectivity index (χ2n) is 13.4. The van der Waals surface area contributed by atoms with Gasteiger partial charge in [-0.2, -0.15) is 16.8 Å². The zero-order valence-electron chi connectivity index (χ0n) is 33.1. The third kappa shape index (κ3) is 12.4. The number of benzene rings is 6. The van der Waals surface area contributed by atoms with Crippen molar-refractivity contribution in [3.63, 3.8) is 0 Å². The van der Waals surface area contributed by atoms with Gasteiger partial charge in [-0.05, 0) is 107 Å². The molecule has 0 fully saturated rings. The summed E-state index contributed by atoms with van der Waals surface area (Å²) >= 11 is 5.60. The van der Waals surface area contributed by atoms with Gasteiger partial charge in [0.15, 0.2) is 10.3 Å². The lowest BCUT2D eigenvalue weighted by molar-refractivity contribution is 0.480. The Hall–Kier alpha value is -5.96. The van der Waals surface area contributed by atoms with Gasteiger partial charge in [0.1, 0.15) is 31.5 Å². The largest absolute Gasteiger partial charge is 0.340 e. The lowest BCUT2D eigenvalue weighted by atomic mass is 10.1. The topological polar surface area (TPSA) is 184 Å². The molecule has 0 unspecified atom stereocenters. The fourth-order valence-corrected chi connectivity index (χ4v) is 10.8. The summed E-state index contributed by atoms with van der Waals surface area (Å²) in [6.45, 7) is 0. The number of hydrogen-bond acceptors (Lipinski definition) is 14. The van der Waals surface area contributed by atoms with Gasteiger partial charge in [0.25, 0.3) is 20.2 Å². The third-order valence-corrected chi connectivity index (χ3v) is 14.2. The molecule has 4 N–H and O–H groups in total. The lowest BCUT2D eigenvalue weighted by Gasteiger charge is -2.12. The van der Waals surface area contributed by atoms with Gasteiger partial charge < -0.3 is 10.6 Å². The first kappa shape index (κ1) is 44.6. The number of nitrogens with zero attached hydrogens (tertiary/aromatic N) is 4. The summed E-state index contributed by atoms with van der Waals surface area (Å²) in [4.78, 5) is 21.7. The molecule has 64 heavy (non-hydrogen) atoms. The quantitative estimate of drug-likeness (QED) is 0.0310. The van der Waals surface area contributed by atoms with Crippen molar-refractivity contribution in [1.82, 2.24) is 19.9 Å². The molecule has 0 aliphatic rings. The summed E-state index contributed by atoms with van der Waals surface area (Å²) in [6, 6.07) is 50.7. The molecule has 0 atom stereocenters. The Labute approximate surface area is 387 Å². The molecule has 0 radical (unpaired) electrons. The van der Waals surface area contributed by atoms with Crippen molar-refractivity contribution < 1.29 is 25.9 Å². The maximum Gasteiger partial charge on any atom is 0.295 e. The van der Waals surface area contributed by atoms with Gasteiger partial charge in [0.05, 0.1) is 0 Å². The molecule has 12 nitrogen and oxygen atoms in total. The van der Waals surface area contributed by atoms with Crippen LogP contribution in [0.25, 0.3) is 12.2 Å². The van der Waals surface area contributed by atoms with Crippen molar-refractivity contribution in [3.05, 3.63) is 181 Å². The number of hydrogen-bond donors (Lipinski definition) is 4. The van der Waals surface area contributed by atoms with Crippen molar-refractivity contribution in [1.29, 1.82) is 0 Å². The van der Waals surface area contributed by atoms with E-state index in [2.05, 4.69) is 20.6 Å². The summed E-state index contributed by atoms with van der Waals surface area (Å²) in [5.41, 5.74) is 0.689. The number of nitrogens with one attached hydrogen (secondary N) is 2. The Morgan fingerprint density at radius 2 is 0.734 bits per heavy atom. The summed E-state index contributed by atoms with van der Waals surface area (Å²) in [5, 5.41) is 8.49. The molecule has 0 saturated carbocycles. The minimum Gasteiger partial charge on any atom is -0.340 e. The van der Waals surface area contributed by atoms with E-state index in [1.54, 1.807) is 24.3 Å². The fraction of sp³-hybridized carbons (Fsp3) is 0. The van der Waals surface area contributed by atoms with Gasteiger partial charge in [0, 0.05) is 43.1 Å². The maximum atomic E-state index is 12.8. The summed E-state index contributed by atoms with van der Waals surface area (Å²) < 4.78 is 71.9. The molecule has 18 heteroatoms. The lowest BCUT2D eigenvalue weighted by Crippen LogP contribution is -2.04. The van der Waals surface area contributed by atoms with Crippen LogP contribution >= 0.6 is 47.0 Å². The van der Waals surface area contributed by atoms with Gasteiger partial charge in [-0.3, -0.25) is 9.11 Å². The molecular formula is C46H34N6O6S6. The SMILES string of the molecule is O=S(=O)(O)c1cc(Nc2cc(Sc3ccccc3)nc(Sc3ccccc3)n2)ccc1/C=C/c1ccc(Nc2cc(Sc3ccccc3)nc(Sc3ccccc3)n2)cc1S(=O)(=O)O. The van der Waals surface area contributed by atoms with Crippen molar-refractivity contribution in [2.24, 2.45) is 0 Å². The van der Waals surface area contributed by atoms with Gasteiger partial charge >= 0.3 is 0 Å². The van der Waals surface area contributed by atoms with Crippen LogP contribution in [0.15, 0.2) is 220 Å². The third-order valence-electron chi connectivity index (χ3n) is 8.77. The van der Waals surface area contributed by atoms with Crippen LogP contribution in [-0.4, -0.2) is 45.9 Å². The molecule has 8 rings (SSSR count). The van der Waals surface area contributed by atoms with Crippen molar-refractivity contribution in [2.45, 2.75) is 49.7 Å². The summed E-state index contributed by atoms with van der Waals surface area (Å²) in [7, 11) is -9.61. The molecule has 8 aromatic rings. The van der Waals surface area contributed by atoms with Gasteiger partial charge in [-0.25, -0.2) is 19.9 Å². The molecular weight excluding hydrogens is 925 g/mol. The molecule has 0 bridgehead atoms. The van der Waals surface area contributed by atoms with E-state index in [9.17, 15) is 25.9 Å². The van der Waals surface area contributed by atoms with Crippen LogP contribution in [0.1, 0.15) is 11.1 Å². The van der Waals surface area contributed by atoms with Gasteiger partial charge in [-0.1, -0.05) is 121 Å². The van der Waals surface area contributed by atoms with E-state index in [1.165, 1.54) is 83.5 Å². The van der Waals surface area contributed by atoms with E-state index < -0.39 is 30.0 Å². The Morgan fingerprint density at radius 1 is 0.406 bits per heavy atom. The van der Waals surface area contributed by atoms with Crippen LogP contribution in [-0.2, 0) is 20.2 Å². The van der Waals surface area contributed by atoms with Crippen LogP contribution < -0.4 is 10.6 Å². The molecule has 0 aliphatic heterocycles. The van der Waals surface area contributed by atoms with Gasteiger partial charge in [-0.15, -0.1) is 0 Å². The first-order chi connectivity index (χ1) is 30.9. The van der Waals surface area contributed by atoms with E-state index in [1.807, 2.05) is 121 Å². The highest BCUT2D eigenvalue weighted by Gasteiger charge is 2.19. The predicted molar refractivity (Wildman–Crippen MR) is 254 cm³/mol. The molecule has 0 amide bonds. The number of rotatable bonds is 16. The predicted octanol–water partition coefficient (Wildman–Crippen LogP) is 12.0. The van der Waals surface area contributed by atoms with Crippen LogP contribution in [0, 0.1) is 0 Å². The Kier molecular flexibility index (Phi) is 14.1. The zero-order chi connectivity index (χ0) is 44.5. The van der Waals surface area contributed by atoms with Crippen molar-refractivity contribution in [3.8, 4) is 0 Å². The van der Waals surface area contributed by atoms with E-state index in [4.69, 9.17) is 9.97 Å². The molecule has 0 aliphatic carbocycles. The zero-order valence-corrected chi connectivity index (χ0v) is 38.0. The van der Waals surface area contributed by atoms with Crippen molar-refractivity contribution in [2.75, 3.05) is 10.6 Å². The first-order valence-corrected chi connectivity index (χ1v) is 25.2. The monoisotopic (exact) mass is 958 g/mol. The van der Waals surface area contributed by atoms with E-state index in [0.29, 0.717) is 43.4 Å². The molecule has 0 saturated heterocycles. The van der Waals surface area contributed by atoms with Crippen LogP contribution in [0.3, 0.4) is 0 Å². The smallest absolute Gasteiger partial charge is 0.295 e. The fourth-order valence-electron chi connectivity index (χ4n) is 5.96. The van der Waals surface area contributed by atoms with Crippen molar-refractivity contribution >= 4 is 102 Å². The molecule has 320 valence electrons. The average molecular weight is 959 g/mol. The molecule has 2 heterocycles. The standard InChI is InChI=1S/C46H34N6O6S6/c53-63(54,55)39-27-33(47-41-29-43(59-35-13-5-1-6-14-35)51-45(49-41)61-37-17-9-3-10-18-37)25-23-31(39)21-22-32-24-26-34(28-40(32)64(56,57)58)48-42-30-44(60-36-15-7-2-8-16-36)52-46(50-42)62-38-19-11-4-12-20-38/h1-30H,(H,47,49,51)(H,48,50,52)(H,53,54,55)(H,56,57,58)/b22-21+. The molecule has 2 aromatic heterocycles. The minimum atomic E-state index is -4.80. The van der Waals surface area contributed by atoms with Crippen LogP contribution in [0.4, 0.5) is 23.0 Å². The highest BCUT2D eigenvalue weighted by atomic mass is 32.2. The minimum absolute atomic E-state index is 0.0488. The highest BCUT2D eigenvalue weighted by Crippen LogP contribution is 2.35. The Balaban J connectivity index is 1.07. The second-order valence-corrected chi connectivity index (χ2v) is 20.5. The number of anilines is 4. The second kappa shape index (κ2) is 20.3. The van der Waals surface area contributed by atoms with Crippen LogP contribution in [0.2, 0.25) is 0 Å². The summed E-state index contributed by atoms with van der Waals surface area (Å²) in [5.74, 6) is 0.754. The maximum absolute atomic E-state index is 12.8. The van der Waals surface area contributed by atoms with E-state index in [0.717, 1.165) is 19.6 Å². The summed E-state index contributed by atoms with van der Waals surface area (Å²) in [6.07, 6.45) is 2.67. The van der Waals surface area contributed by atoms with Crippen LogP contribution in [0.5, 0.6) is 0 Å². The Morgan fingerprint density at radius 3 is 1.06 bits per heavy atom. The van der Waals surface area contributed by atoms with Gasteiger partial charge in [0.2, 0.25) is 0 Å². The normalized spacial score (nSPS) is 11.7. The average Bonchev–Trinajstić information content (AvgIpc) is 3.27. The molecule has 6 aromatic carbocycles. The van der Waals surface area contributed by atoms with E-state index in [-0.39, 0.29) is 11.1 Å².